The number of nitrogens with one attached hydrogen (secondary N) is 2. The van der Waals surface area contributed by atoms with Crippen molar-refractivity contribution in [1.29, 1.82) is 0 Å². The molecule has 0 bridgehead atoms. The van der Waals surface area contributed by atoms with Crippen molar-refractivity contribution >= 4 is 29.8 Å². The molecule has 1 aromatic heterocycles. The number of aromatic amines is 1. The number of hydrogen-bond acceptors (Lipinski definition) is 7. The van der Waals surface area contributed by atoms with E-state index in [0.29, 0.717) is 5.03 Å². The lowest BCUT2D eigenvalue weighted by Gasteiger charge is -2.51. The predicted octanol–water partition coefficient (Wildman–Crippen LogP) is 3.65. The summed E-state index contributed by atoms with van der Waals surface area (Å²) in [4.78, 5) is 39.1. The first kappa shape index (κ1) is 26.3. The summed E-state index contributed by atoms with van der Waals surface area (Å²) in [6.45, 7) is 16.4. The number of aromatic nitrogens is 3. The van der Waals surface area contributed by atoms with Crippen LogP contribution in [0.15, 0.2) is 11.2 Å². The van der Waals surface area contributed by atoms with Crippen LogP contribution < -0.4 is 5.32 Å². The number of aliphatic carboxylic acids is 2. The summed E-state index contributed by atoms with van der Waals surface area (Å²) in [5.74, 6) is -4.48. The van der Waals surface area contributed by atoms with E-state index < -0.39 is 68.4 Å². The Balaban J connectivity index is 2.31. The van der Waals surface area contributed by atoms with Gasteiger partial charge in [0.15, 0.2) is 5.54 Å². The van der Waals surface area contributed by atoms with Crippen LogP contribution in [0.1, 0.15) is 62.3 Å². The smallest absolute Gasteiger partial charge is 0.408 e. The number of amides is 1. The second-order valence-electron chi connectivity index (χ2n) is 12.4. The fourth-order valence-corrected chi connectivity index (χ4v) is 8.42. The van der Waals surface area contributed by atoms with Crippen molar-refractivity contribution in [3.05, 3.63) is 6.20 Å². The van der Waals surface area contributed by atoms with E-state index in [0.717, 1.165) is 0 Å². The van der Waals surface area contributed by atoms with E-state index in [1.165, 1.54) is 18.0 Å². The molecule has 1 heterocycles. The van der Waals surface area contributed by atoms with Gasteiger partial charge >= 0.3 is 18.0 Å². The Hall–Kier alpha value is -2.30. The molecule has 11 heteroatoms. The van der Waals surface area contributed by atoms with E-state index in [1.807, 2.05) is 41.5 Å². The molecule has 0 radical (unpaired) electrons. The van der Waals surface area contributed by atoms with Crippen LogP contribution in [-0.4, -0.2) is 60.0 Å². The Morgan fingerprint density at radius 3 is 2.06 bits per heavy atom. The third-order valence-corrected chi connectivity index (χ3v) is 8.47. The summed E-state index contributed by atoms with van der Waals surface area (Å²) in [6, 6.07) is 0. The normalized spacial score (nSPS) is 33.2. The average Bonchev–Trinajstić information content (AvgIpc) is 2.95. The largest absolute Gasteiger partial charge is 0.481 e. The summed E-state index contributed by atoms with van der Waals surface area (Å²) >= 11 is 1.31. The fourth-order valence-electron chi connectivity index (χ4n) is 6.67. The minimum absolute atomic E-state index is 0.462. The van der Waals surface area contributed by atoms with Crippen molar-refractivity contribution in [1.82, 2.24) is 20.7 Å². The fraction of sp³-hybridized carbons (Fsp3) is 0.783. The molecule has 2 fully saturated rings. The topological polar surface area (TPSA) is 154 Å². The van der Waals surface area contributed by atoms with Crippen molar-refractivity contribution < 1.29 is 29.3 Å². The first-order valence-electron chi connectivity index (χ1n) is 11.3. The van der Waals surface area contributed by atoms with Crippen LogP contribution in [-0.2, 0) is 14.3 Å². The molecule has 0 aliphatic heterocycles. The standard InChI is InChI=1S/C23H36N4O6S/c1-19(2,3)15-14(34-11-10-24-27-26-11)12-13(16(28)29)22(12,20(4,5)6)23(15,17(30)31)25-18(32)33-21(7,8)9/h10,12-15H,1-9H3,(H,25,32)(H,28,29)(H,30,31)(H,24,26,27)/t12-,13-,14+,15?,22-,23+/m0/s1. The monoisotopic (exact) mass is 496 g/mol. The van der Waals surface area contributed by atoms with Crippen LogP contribution in [0, 0.1) is 34.0 Å². The molecule has 10 nitrogen and oxygen atoms in total. The van der Waals surface area contributed by atoms with Gasteiger partial charge in [0.25, 0.3) is 0 Å². The zero-order valence-electron chi connectivity index (χ0n) is 21.2. The van der Waals surface area contributed by atoms with E-state index in [-0.39, 0.29) is 0 Å². The van der Waals surface area contributed by atoms with E-state index in [1.54, 1.807) is 20.8 Å². The number of carbonyl (C=O) groups excluding carboxylic acids is 1. The number of carboxylic acids is 2. The maximum atomic E-state index is 13.4. The number of thioether (sulfide) groups is 1. The molecular formula is C23H36N4O6S. The number of fused-ring (bicyclic) bond motifs is 1. The number of ether oxygens (including phenoxy) is 1. The molecule has 6 atom stereocenters. The molecule has 2 aliphatic rings. The highest BCUT2D eigenvalue weighted by Crippen LogP contribution is 2.83. The summed E-state index contributed by atoms with van der Waals surface area (Å²) in [5, 5.41) is 34.6. The molecule has 2 saturated carbocycles. The van der Waals surface area contributed by atoms with Gasteiger partial charge < -0.3 is 20.3 Å². The molecule has 1 aromatic rings. The van der Waals surface area contributed by atoms with Crippen molar-refractivity contribution in [2.75, 3.05) is 0 Å². The molecule has 3 rings (SSSR count). The second-order valence-corrected chi connectivity index (χ2v) is 13.6. The highest BCUT2D eigenvalue weighted by Gasteiger charge is 2.92. The quantitative estimate of drug-likeness (QED) is 0.478. The number of hydrogen-bond donors (Lipinski definition) is 4. The number of carboxylic acid groups (broad SMARTS) is 2. The Bertz CT molecular complexity index is 977. The van der Waals surface area contributed by atoms with Crippen LogP contribution in [0.2, 0.25) is 0 Å². The average molecular weight is 497 g/mol. The van der Waals surface area contributed by atoms with E-state index >= 15 is 0 Å². The highest BCUT2D eigenvalue weighted by atomic mass is 32.2. The van der Waals surface area contributed by atoms with Gasteiger partial charge in [0.2, 0.25) is 0 Å². The number of nitrogens with zero attached hydrogens (tertiary/aromatic N) is 2. The van der Waals surface area contributed by atoms with Crippen molar-refractivity contribution in [2.24, 2.45) is 34.0 Å². The Kier molecular flexibility index (Phi) is 6.08. The van der Waals surface area contributed by atoms with Crippen LogP contribution >= 0.6 is 11.8 Å². The second kappa shape index (κ2) is 7.86. The summed E-state index contributed by atoms with van der Waals surface area (Å²) in [7, 11) is 0. The van der Waals surface area contributed by atoms with Crippen LogP contribution in [0.5, 0.6) is 0 Å². The third kappa shape index (κ3) is 3.76. The number of rotatable bonds is 5. The number of carbonyl (C=O) groups is 3. The third-order valence-electron chi connectivity index (χ3n) is 7.19. The van der Waals surface area contributed by atoms with Crippen LogP contribution in [0.3, 0.4) is 0 Å². The summed E-state index contributed by atoms with van der Waals surface area (Å²) in [6.07, 6.45) is 0.651. The lowest BCUT2D eigenvalue weighted by molar-refractivity contribution is -0.160. The lowest BCUT2D eigenvalue weighted by atomic mass is 9.57. The van der Waals surface area contributed by atoms with Gasteiger partial charge in [-0.1, -0.05) is 53.3 Å². The summed E-state index contributed by atoms with van der Waals surface area (Å²) < 4.78 is 5.50. The minimum Gasteiger partial charge on any atom is -0.481 e. The van der Waals surface area contributed by atoms with Crippen LogP contribution in [0.4, 0.5) is 4.79 Å². The first-order valence-corrected chi connectivity index (χ1v) is 12.2. The Labute approximate surface area is 204 Å². The zero-order chi connectivity index (χ0) is 26.1. The van der Waals surface area contributed by atoms with E-state index in [9.17, 15) is 24.6 Å². The predicted molar refractivity (Wildman–Crippen MR) is 125 cm³/mol. The van der Waals surface area contributed by atoms with Gasteiger partial charge in [-0.3, -0.25) is 4.79 Å². The molecule has 0 saturated heterocycles. The lowest BCUT2D eigenvalue weighted by Crippen LogP contribution is -2.70. The van der Waals surface area contributed by atoms with Crippen molar-refractivity contribution in [3.8, 4) is 0 Å². The summed E-state index contributed by atoms with van der Waals surface area (Å²) in [5.41, 5.74) is -5.44. The Morgan fingerprint density at radius 2 is 1.68 bits per heavy atom. The molecule has 34 heavy (non-hydrogen) atoms. The van der Waals surface area contributed by atoms with E-state index in [4.69, 9.17) is 4.74 Å². The van der Waals surface area contributed by atoms with Crippen molar-refractivity contribution in [3.63, 3.8) is 0 Å². The maximum Gasteiger partial charge on any atom is 0.408 e. The van der Waals surface area contributed by atoms with Gasteiger partial charge in [-0.2, -0.15) is 10.3 Å². The van der Waals surface area contributed by atoms with E-state index in [2.05, 4.69) is 20.7 Å². The molecule has 4 N–H and O–H groups in total. The minimum atomic E-state index is -1.90. The molecule has 1 amide bonds. The number of H-pyrrole nitrogens is 1. The van der Waals surface area contributed by atoms with Gasteiger partial charge in [-0.25, -0.2) is 9.59 Å². The van der Waals surface area contributed by atoms with Gasteiger partial charge in [0.05, 0.1) is 12.1 Å². The molecule has 1 unspecified atom stereocenters. The molecule has 190 valence electrons. The molecule has 2 aliphatic carbocycles. The van der Waals surface area contributed by atoms with Gasteiger partial charge in [0.1, 0.15) is 10.6 Å². The molecule has 0 spiro atoms. The highest BCUT2D eigenvalue weighted by molar-refractivity contribution is 7.99. The van der Waals surface area contributed by atoms with Crippen molar-refractivity contribution in [2.45, 2.75) is 83.7 Å². The molecular weight excluding hydrogens is 460 g/mol. The van der Waals surface area contributed by atoms with Gasteiger partial charge in [0, 0.05) is 16.6 Å². The van der Waals surface area contributed by atoms with Gasteiger partial charge in [-0.05, 0) is 37.5 Å². The zero-order valence-corrected chi connectivity index (χ0v) is 22.0. The molecule has 0 aromatic carbocycles. The maximum absolute atomic E-state index is 13.4. The first-order chi connectivity index (χ1) is 15.3. The Morgan fingerprint density at radius 1 is 1.09 bits per heavy atom. The van der Waals surface area contributed by atoms with Crippen LogP contribution in [0.25, 0.3) is 0 Å². The SMILES string of the molecule is CC(C)(C)OC(=O)N[C@@]1(C(=O)O)C(C(C)(C)C)[C@H](Sc2cn[nH]n2)[C@@H]2[C@@H](C(=O)O)[C@]21C(C)(C)C. The number of alkyl carbamates (subject to hydrolysis) is 1. The van der Waals surface area contributed by atoms with Gasteiger partial charge in [-0.15, -0.1) is 5.10 Å².